The van der Waals surface area contributed by atoms with Gasteiger partial charge in [-0.25, -0.2) is 4.98 Å². The van der Waals surface area contributed by atoms with Gasteiger partial charge < -0.3 is 15.2 Å². The number of hydrogen-bond acceptors (Lipinski definition) is 5. The molecule has 1 aromatic heterocycles. The Morgan fingerprint density at radius 2 is 2.28 bits per heavy atom. The van der Waals surface area contributed by atoms with Crippen molar-refractivity contribution in [3.05, 3.63) is 16.1 Å². The molecular formula is C12H18N2O3S. The van der Waals surface area contributed by atoms with Crippen LogP contribution in [0.5, 0.6) is 0 Å². The van der Waals surface area contributed by atoms with Crippen molar-refractivity contribution in [1.82, 2.24) is 10.3 Å². The van der Waals surface area contributed by atoms with E-state index in [1.54, 1.807) is 6.92 Å². The lowest BCUT2D eigenvalue weighted by molar-refractivity contribution is 0.0424. The highest BCUT2D eigenvalue weighted by Crippen LogP contribution is 2.23. The number of aromatic nitrogens is 1. The van der Waals surface area contributed by atoms with E-state index in [1.807, 2.05) is 6.92 Å². The first-order valence-corrected chi connectivity index (χ1v) is 6.86. The van der Waals surface area contributed by atoms with Crippen LogP contribution >= 0.6 is 11.3 Å². The number of nitrogens with zero attached hydrogens (tertiary/aromatic N) is 1. The quantitative estimate of drug-likeness (QED) is 0.873. The third-order valence-corrected chi connectivity index (χ3v) is 4.28. The van der Waals surface area contributed by atoms with E-state index in [2.05, 4.69) is 10.3 Å². The van der Waals surface area contributed by atoms with E-state index in [9.17, 15) is 9.90 Å². The maximum Gasteiger partial charge on any atom is 0.263 e. The number of hydrogen-bond donors (Lipinski definition) is 2. The SMILES string of the molecule is CC(O)c1ncc(C(=O)NC2(C)CCOCC2)s1. The number of amides is 1. The lowest BCUT2D eigenvalue weighted by Crippen LogP contribution is -2.49. The molecule has 0 aromatic carbocycles. The van der Waals surface area contributed by atoms with Crippen molar-refractivity contribution in [2.45, 2.75) is 38.3 Å². The number of carbonyl (C=O) groups is 1. The van der Waals surface area contributed by atoms with Crippen LogP contribution in [0.3, 0.4) is 0 Å². The Hall–Kier alpha value is -0.980. The summed E-state index contributed by atoms with van der Waals surface area (Å²) in [5.41, 5.74) is -0.204. The number of rotatable bonds is 3. The van der Waals surface area contributed by atoms with Crippen LogP contribution < -0.4 is 5.32 Å². The first-order chi connectivity index (χ1) is 8.50. The van der Waals surface area contributed by atoms with E-state index in [1.165, 1.54) is 17.5 Å². The predicted octanol–water partition coefficient (Wildman–Crippen LogP) is 1.50. The van der Waals surface area contributed by atoms with Gasteiger partial charge in [0.2, 0.25) is 0 Å². The molecule has 18 heavy (non-hydrogen) atoms. The molecule has 1 fully saturated rings. The molecule has 1 atom stereocenters. The molecule has 2 rings (SSSR count). The molecule has 2 N–H and O–H groups in total. The molecule has 0 spiro atoms. The summed E-state index contributed by atoms with van der Waals surface area (Å²) in [6.07, 6.45) is 2.53. The summed E-state index contributed by atoms with van der Waals surface area (Å²) in [5.74, 6) is -0.121. The van der Waals surface area contributed by atoms with E-state index in [0.717, 1.165) is 12.8 Å². The second-order valence-electron chi connectivity index (χ2n) is 4.87. The molecule has 5 nitrogen and oxygen atoms in total. The van der Waals surface area contributed by atoms with E-state index >= 15 is 0 Å². The van der Waals surface area contributed by atoms with E-state index < -0.39 is 6.10 Å². The number of ether oxygens (including phenoxy) is 1. The molecule has 1 saturated heterocycles. The second kappa shape index (κ2) is 5.34. The fourth-order valence-corrected chi connectivity index (χ4v) is 2.62. The van der Waals surface area contributed by atoms with Gasteiger partial charge >= 0.3 is 0 Å². The average Bonchev–Trinajstić information content (AvgIpc) is 2.78. The Labute approximate surface area is 110 Å². The van der Waals surface area contributed by atoms with E-state index in [-0.39, 0.29) is 11.4 Å². The van der Waals surface area contributed by atoms with Crippen LogP contribution in [-0.4, -0.2) is 34.8 Å². The molecule has 1 aromatic rings. The molecule has 0 bridgehead atoms. The van der Waals surface area contributed by atoms with Gasteiger partial charge in [0, 0.05) is 18.8 Å². The van der Waals surface area contributed by atoms with Gasteiger partial charge in [-0.2, -0.15) is 0 Å². The number of aliphatic hydroxyl groups excluding tert-OH is 1. The highest BCUT2D eigenvalue weighted by atomic mass is 32.1. The molecule has 1 unspecified atom stereocenters. The number of aliphatic hydroxyl groups is 1. The van der Waals surface area contributed by atoms with Crippen molar-refractivity contribution in [2.75, 3.05) is 13.2 Å². The zero-order chi connectivity index (χ0) is 13.2. The van der Waals surface area contributed by atoms with Crippen molar-refractivity contribution < 1.29 is 14.6 Å². The van der Waals surface area contributed by atoms with Crippen LogP contribution in [0.4, 0.5) is 0 Å². The maximum absolute atomic E-state index is 12.1. The summed E-state index contributed by atoms with van der Waals surface area (Å²) in [6.45, 7) is 5.03. The summed E-state index contributed by atoms with van der Waals surface area (Å²) in [4.78, 5) is 16.7. The Bertz CT molecular complexity index is 425. The fraction of sp³-hybridized carbons (Fsp3) is 0.667. The molecule has 1 amide bonds. The third-order valence-electron chi connectivity index (χ3n) is 3.12. The summed E-state index contributed by atoms with van der Waals surface area (Å²) in [6, 6.07) is 0. The molecule has 2 heterocycles. The monoisotopic (exact) mass is 270 g/mol. The number of thiazole rings is 1. The topological polar surface area (TPSA) is 71.5 Å². The summed E-state index contributed by atoms with van der Waals surface area (Å²) in [5, 5.41) is 13.0. The zero-order valence-electron chi connectivity index (χ0n) is 10.6. The Morgan fingerprint density at radius 3 is 2.83 bits per heavy atom. The first kappa shape index (κ1) is 13.5. The Morgan fingerprint density at radius 1 is 1.61 bits per heavy atom. The first-order valence-electron chi connectivity index (χ1n) is 6.04. The molecule has 0 aliphatic carbocycles. The summed E-state index contributed by atoms with van der Waals surface area (Å²) >= 11 is 1.23. The van der Waals surface area contributed by atoms with Crippen molar-refractivity contribution in [3.63, 3.8) is 0 Å². The van der Waals surface area contributed by atoms with Crippen molar-refractivity contribution >= 4 is 17.2 Å². The van der Waals surface area contributed by atoms with Gasteiger partial charge in [0.1, 0.15) is 16.0 Å². The standard InChI is InChI=1S/C12H18N2O3S/c1-8(15)11-13-7-9(18-11)10(16)14-12(2)3-5-17-6-4-12/h7-8,15H,3-6H2,1-2H3,(H,14,16). The average molecular weight is 270 g/mol. The third kappa shape index (κ3) is 3.07. The highest BCUT2D eigenvalue weighted by Gasteiger charge is 2.29. The number of carbonyl (C=O) groups excluding carboxylic acids is 1. The normalized spacial score (nSPS) is 20.4. The minimum atomic E-state index is -0.629. The minimum Gasteiger partial charge on any atom is -0.386 e. The lowest BCUT2D eigenvalue weighted by Gasteiger charge is -2.34. The molecule has 100 valence electrons. The lowest BCUT2D eigenvalue weighted by atomic mass is 9.92. The van der Waals surface area contributed by atoms with Gasteiger partial charge in [0.15, 0.2) is 0 Å². The van der Waals surface area contributed by atoms with Gasteiger partial charge in [-0.15, -0.1) is 11.3 Å². The molecule has 6 heteroatoms. The zero-order valence-corrected chi connectivity index (χ0v) is 11.4. The maximum atomic E-state index is 12.1. The summed E-state index contributed by atoms with van der Waals surface area (Å²) < 4.78 is 5.29. The summed E-state index contributed by atoms with van der Waals surface area (Å²) in [7, 11) is 0. The van der Waals surface area contributed by atoms with Gasteiger partial charge in [0.05, 0.1) is 6.20 Å². The van der Waals surface area contributed by atoms with Crippen LogP contribution in [0.15, 0.2) is 6.20 Å². The van der Waals surface area contributed by atoms with Crippen LogP contribution in [0.1, 0.15) is 47.5 Å². The second-order valence-corrected chi connectivity index (χ2v) is 5.93. The Kier molecular flexibility index (Phi) is 3.99. The van der Waals surface area contributed by atoms with Crippen LogP contribution in [-0.2, 0) is 4.74 Å². The minimum absolute atomic E-state index is 0.121. The molecule has 1 aliphatic heterocycles. The van der Waals surface area contributed by atoms with Crippen molar-refractivity contribution in [2.24, 2.45) is 0 Å². The molecule has 0 radical (unpaired) electrons. The molecule has 1 aliphatic rings. The van der Waals surface area contributed by atoms with Gasteiger partial charge in [0.25, 0.3) is 5.91 Å². The van der Waals surface area contributed by atoms with Gasteiger partial charge in [-0.05, 0) is 26.7 Å². The Balaban J connectivity index is 2.02. The van der Waals surface area contributed by atoms with Crippen molar-refractivity contribution in [1.29, 1.82) is 0 Å². The van der Waals surface area contributed by atoms with E-state index in [0.29, 0.717) is 23.1 Å². The van der Waals surface area contributed by atoms with Gasteiger partial charge in [-0.3, -0.25) is 4.79 Å². The van der Waals surface area contributed by atoms with Gasteiger partial charge in [-0.1, -0.05) is 0 Å². The van der Waals surface area contributed by atoms with Crippen molar-refractivity contribution in [3.8, 4) is 0 Å². The highest BCUT2D eigenvalue weighted by molar-refractivity contribution is 7.13. The predicted molar refractivity (Wildman–Crippen MR) is 68.7 cm³/mol. The van der Waals surface area contributed by atoms with Crippen LogP contribution in [0, 0.1) is 0 Å². The van der Waals surface area contributed by atoms with Crippen LogP contribution in [0.25, 0.3) is 0 Å². The van der Waals surface area contributed by atoms with Crippen LogP contribution in [0.2, 0.25) is 0 Å². The number of nitrogens with one attached hydrogen (secondary N) is 1. The molecule has 0 saturated carbocycles. The fourth-order valence-electron chi connectivity index (χ4n) is 1.87. The smallest absolute Gasteiger partial charge is 0.263 e. The van der Waals surface area contributed by atoms with E-state index in [4.69, 9.17) is 4.74 Å². The largest absolute Gasteiger partial charge is 0.386 e. The molecular weight excluding hydrogens is 252 g/mol.